The van der Waals surface area contributed by atoms with E-state index in [0.717, 1.165) is 17.0 Å². The quantitative estimate of drug-likeness (QED) is 0.774. The Morgan fingerprint density at radius 1 is 1.08 bits per heavy atom. The summed E-state index contributed by atoms with van der Waals surface area (Å²) in [5.41, 5.74) is 7.44. The highest BCUT2D eigenvalue weighted by Crippen LogP contribution is 2.28. The van der Waals surface area contributed by atoms with Crippen molar-refractivity contribution in [2.24, 2.45) is 0 Å². The van der Waals surface area contributed by atoms with Gasteiger partial charge in [0.2, 0.25) is 0 Å². The molecule has 1 aromatic carbocycles. The third-order valence-corrected chi connectivity index (χ3v) is 2.23. The van der Waals surface area contributed by atoms with Crippen LogP contribution in [0.3, 0.4) is 0 Å². The Morgan fingerprint density at radius 2 is 1.85 bits per heavy atom. The molecule has 66 valence electrons. The van der Waals surface area contributed by atoms with Crippen molar-refractivity contribution in [3.8, 4) is 11.3 Å². The van der Waals surface area contributed by atoms with Gasteiger partial charge < -0.3 is 10.2 Å². The zero-order valence-electron chi connectivity index (χ0n) is 6.83. The van der Waals surface area contributed by atoms with Crippen molar-refractivity contribution in [2.75, 3.05) is 5.73 Å². The van der Waals surface area contributed by atoms with E-state index in [-0.39, 0.29) is 0 Å². The van der Waals surface area contributed by atoms with Crippen molar-refractivity contribution in [1.29, 1.82) is 0 Å². The van der Waals surface area contributed by atoms with Gasteiger partial charge in [-0.2, -0.15) is 0 Å². The monoisotopic (exact) mass is 237 g/mol. The van der Waals surface area contributed by atoms with Gasteiger partial charge in [-0.15, -0.1) is 0 Å². The maximum Gasteiger partial charge on any atom is 0.169 e. The average molecular weight is 238 g/mol. The first-order valence-corrected chi connectivity index (χ1v) is 4.67. The van der Waals surface area contributed by atoms with Gasteiger partial charge in [-0.25, -0.2) is 0 Å². The third kappa shape index (κ3) is 1.60. The smallest absolute Gasteiger partial charge is 0.169 e. The molecule has 2 rings (SSSR count). The first-order valence-electron chi connectivity index (χ1n) is 3.87. The van der Waals surface area contributed by atoms with E-state index in [4.69, 9.17) is 10.2 Å². The summed E-state index contributed by atoms with van der Waals surface area (Å²) in [5.74, 6) is 0.782. The molecule has 0 saturated carbocycles. The number of anilines is 1. The lowest BCUT2D eigenvalue weighted by Gasteiger charge is -2.00. The average Bonchev–Trinajstić information content (AvgIpc) is 2.53. The number of halogens is 1. The molecule has 0 radical (unpaired) electrons. The van der Waals surface area contributed by atoms with Crippen LogP contribution in [-0.2, 0) is 0 Å². The summed E-state index contributed by atoms with van der Waals surface area (Å²) in [6.45, 7) is 0. The normalized spacial score (nSPS) is 10.2. The van der Waals surface area contributed by atoms with Crippen molar-refractivity contribution >= 4 is 21.6 Å². The van der Waals surface area contributed by atoms with E-state index in [1.165, 1.54) is 0 Å². The summed E-state index contributed by atoms with van der Waals surface area (Å²) in [5, 5.41) is 0. The van der Waals surface area contributed by atoms with E-state index in [1.807, 2.05) is 36.4 Å². The molecule has 0 fully saturated rings. The summed E-state index contributed by atoms with van der Waals surface area (Å²) in [4.78, 5) is 0. The van der Waals surface area contributed by atoms with Crippen molar-refractivity contribution in [1.82, 2.24) is 0 Å². The van der Waals surface area contributed by atoms with Crippen LogP contribution in [0.1, 0.15) is 0 Å². The molecule has 0 amide bonds. The number of nitrogen functional groups attached to an aromatic ring is 1. The second-order valence-electron chi connectivity index (χ2n) is 2.69. The summed E-state index contributed by atoms with van der Waals surface area (Å²) in [7, 11) is 0. The van der Waals surface area contributed by atoms with E-state index in [1.54, 1.807) is 0 Å². The third-order valence-electron chi connectivity index (χ3n) is 1.80. The summed E-state index contributed by atoms with van der Waals surface area (Å²) in [6, 6.07) is 11.4. The van der Waals surface area contributed by atoms with Gasteiger partial charge in [-0.3, -0.25) is 0 Å². The molecule has 1 aromatic heterocycles. The lowest BCUT2D eigenvalue weighted by Crippen LogP contribution is -1.87. The van der Waals surface area contributed by atoms with Crippen LogP contribution in [0.4, 0.5) is 5.69 Å². The highest BCUT2D eigenvalue weighted by Gasteiger charge is 2.05. The molecule has 2 aromatic rings. The van der Waals surface area contributed by atoms with Crippen LogP contribution in [0.5, 0.6) is 0 Å². The number of nitrogens with two attached hydrogens (primary N) is 1. The fourth-order valence-corrected chi connectivity index (χ4v) is 1.49. The first kappa shape index (κ1) is 8.38. The zero-order valence-corrected chi connectivity index (χ0v) is 8.41. The van der Waals surface area contributed by atoms with Gasteiger partial charge in [0.15, 0.2) is 4.67 Å². The fourth-order valence-electron chi connectivity index (χ4n) is 1.18. The molecule has 0 bridgehead atoms. The topological polar surface area (TPSA) is 39.2 Å². The predicted octanol–water partition coefficient (Wildman–Crippen LogP) is 3.29. The SMILES string of the molecule is Nc1ccccc1-c1ccc(Br)o1. The zero-order chi connectivity index (χ0) is 9.26. The predicted molar refractivity (Wildman–Crippen MR) is 56.3 cm³/mol. The first-order chi connectivity index (χ1) is 6.27. The van der Waals surface area contributed by atoms with E-state index in [0.29, 0.717) is 4.67 Å². The lowest BCUT2D eigenvalue weighted by molar-refractivity contribution is 0.556. The maximum atomic E-state index is 5.79. The second kappa shape index (κ2) is 3.26. The molecule has 2 N–H and O–H groups in total. The molecule has 0 aliphatic carbocycles. The molecular formula is C10H8BrNO. The molecule has 0 aliphatic rings. The lowest BCUT2D eigenvalue weighted by atomic mass is 10.1. The molecule has 0 atom stereocenters. The molecule has 1 heterocycles. The molecule has 3 heteroatoms. The van der Waals surface area contributed by atoms with Crippen LogP contribution in [-0.4, -0.2) is 0 Å². The Morgan fingerprint density at radius 3 is 2.46 bits per heavy atom. The molecule has 0 spiro atoms. The molecule has 0 aliphatic heterocycles. The molecule has 0 saturated heterocycles. The van der Waals surface area contributed by atoms with Crippen molar-refractivity contribution in [2.45, 2.75) is 0 Å². The molecule has 2 nitrogen and oxygen atoms in total. The summed E-state index contributed by atoms with van der Waals surface area (Å²) < 4.78 is 6.10. The number of rotatable bonds is 1. The largest absolute Gasteiger partial charge is 0.449 e. The van der Waals surface area contributed by atoms with Gasteiger partial charge in [-0.05, 0) is 40.2 Å². The minimum absolute atomic E-state index is 0.714. The van der Waals surface area contributed by atoms with Crippen LogP contribution in [0.15, 0.2) is 45.5 Å². The van der Waals surface area contributed by atoms with Crippen LogP contribution >= 0.6 is 15.9 Å². The number of benzene rings is 1. The van der Waals surface area contributed by atoms with Gasteiger partial charge in [0.1, 0.15) is 5.76 Å². The fraction of sp³-hybridized carbons (Fsp3) is 0. The standard InChI is InChI=1S/C10H8BrNO/c11-10-6-5-9(13-10)7-3-1-2-4-8(7)12/h1-6H,12H2. The Hall–Kier alpha value is -1.22. The minimum atomic E-state index is 0.714. The van der Waals surface area contributed by atoms with Gasteiger partial charge in [0, 0.05) is 11.3 Å². The highest BCUT2D eigenvalue weighted by molar-refractivity contribution is 9.10. The Kier molecular flexibility index (Phi) is 2.10. The van der Waals surface area contributed by atoms with E-state index < -0.39 is 0 Å². The highest BCUT2D eigenvalue weighted by atomic mass is 79.9. The van der Waals surface area contributed by atoms with Crippen molar-refractivity contribution < 1.29 is 4.42 Å². The number of para-hydroxylation sites is 1. The van der Waals surface area contributed by atoms with E-state index in [2.05, 4.69) is 15.9 Å². The summed E-state index contributed by atoms with van der Waals surface area (Å²) >= 11 is 3.25. The molecular weight excluding hydrogens is 230 g/mol. The van der Waals surface area contributed by atoms with Gasteiger partial charge in [0.05, 0.1) is 0 Å². The van der Waals surface area contributed by atoms with Crippen LogP contribution in [0.2, 0.25) is 0 Å². The summed E-state index contributed by atoms with van der Waals surface area (Å²) in [6.07, 6.45) is 0. The minimum Gasteiger partial charge on any atom is -0.449 e. The van der Waals surface area contributed by atoms with Crippen LogP contribution in [0.25, 0.3) is 11.3 Å². The van der Waals surface area contributed by atoms with Gasteiger partial charge in [0.25, 0.3) is 0 Å². The second-order valence-corrected chi connectivity index (χ2v) is 3.47. The Labute approximate surface area is 84.5 Å². The van der Waals surface area contributed by atoms with Crippen LogP contribution < -0.4 is 5.73 Å². The number of hydrogen-bond acceptors (Lipinski definition) is 2. The molecule has 13 heavy (non-hydrogen) atoms. The van der Waals surface area contributed by atoms with Gasteiger partial charge >= 0.3 is 0 Å². The molecule has 0 unspecified atom stereocenters. The number of hydrogen-bond donors (Lipinski definition) is 1. The van der Waals surface area contributed by atoms with Crippen LogP contribution in [0, 0.1) is 0 Å². The Balaban J connectivity index is 2.52. The van der Waals surface area contributed by atoms with Crippen molar-refractivity contribution in [3.63, 3.8) is 0 Å². The maximum absolute atomic E-state index is 5.79. The van der Waals surface area contributed by atoms with E-state index >= 15 is 0 Å². The van der Waals surface area contributed by atoms with Gasteiger partial charge in [-0.1, -0.05) is 12.1 Å². The Bertz CT molecular complexity index is 422. The number of furan rings is 1. The van der Waals surface area contributed by atoms with Crippen molar-refractivity contribution in [3.05, 3.63) is 41.1 Å². The van der Waals surface area contributed by atoms with E-state index in [9.17, 15) is 0 Å².